The van der Waals surface area contributed by atoms with Crippen LogP contribution < -0.4 is 5.56 Å². The molecule has 0 radical (unpaired) electrons. The van der Waals surface area contributed by atoms with Crippen molar-refractivity contribution in [3.05, 3.63) is 33.7 Å². The lowest BCUT2D eigenvalue weighted by molar-refractivity contribution is -0.152. The van der Waals surface area contributed by atoms with Crippen LogP contribution in [0.15, 0.2) is 16.9 Å². The van der Waals surface area contributed by atoms with Crippen molar-refractivity contribution < 1.29 is 19.5 Å². The number of aryl methyl sites for hydroxylation is 1. The number of piperidine rings is 3. The van der Waals surface area contributed by atoms with Gasteiger partial charge in [0.25, 0.3) is 17.9 Å². The summed E-state index contributed by atoms with van der Waals surface area (Å²) >= 11 is 0. The van der Waals surface area contributed by atoms with Gasteiger partial charge in [-0.05, 0) is 64.3 Å². The molecule has 0 aromatic carbocycles. The van der Waals surface area contributed by atoms with E-state index < -0.39 is 0 Å². The third kappa shape index (κ3) is 4.57. The quantitative estimate of drug-likeness (QED) is 0.689. The predicted molar refractivity (Wildman–Crippen MR) is 119 cm³/mol. The number of amides is 2. The maximum absolute atomic E-state index is 13.3. The lowest BCUT2D eigenvalue weighted by atomic mass is 9.72. The predicted octanol–water partition coefficient (Wildman–Crippen LogP) is 0.798. The van der Waals surface area contributed by atoms with E-state index in [-0.39, 0.29) is 47.4 Å². The van der Waals surface area contributed by atoms with Crippen molar-refractivity contribution in [2.75, 3.05) is 33.7 Å². The normalized spacial score (nSPS) is 26.8. The zero-order chi connectivity index (χ0) is 23.6. The van der Waals surface area contributed by atoms with Crippen LogP contribution in [-0.2, 0) is 16.6 Å². The highest BCUT2D eigenvalue weighted by Crippen LogP contribution is 2.41. The van der Waals surface area contributed by atoms with E-state index in [2.05, 4.69) is 9.80 Å². The Hall–Kier alpha value is -2.68. The summed E-state index contributed by atoms with van der Waals surface area (Å²) in [6.45, 7) is 3.67. The van der Waals surface area contributed by atoms with Crippen LogP contribution in [0.1, 0.15) is 41.7 Å². The molecule has 3 fully saturated rings. The zero-order valence-corrected chi connectivity index (χ0v) is 19.4. The van der Waals surface area contributed by atoms with E-state index in [4.69, 9.17) is 9.90 Å². The van der Waals surface area contributed by atoms with Gasteiger partial charge < -0.3 is 24.4 Å². The third-order valence-electron chi connectivity index (χ3n) is 7.12. The van der Waals surface area contributed by atoms with E-state index in [1.807, 2.05) is 32.0 Å². The summed E-state index contributed by atoms with van der Waals surface area (Å²) in [7, 11) is 5.78. The molecule has 3 aliphatic heterocycles. The largest absolute Gasteiger partial charge is 0.483 e. The lowest BCUT2D eigenvalue weighted by Crippen LogP contribution is -2.67. The Kier molecular flexibility index (Phi) is 7.38. The molecule has 0 saturated carbocycles. The fourth-order valence-corrected chi connectivity index (χ4v) is 5.61. The lowest BCUT2D eigenvalue weighted by Gasteiger charge is -2.57. The highest BCUT2D eigenvalue weighted by Gasteiger charge is 2.50. The summed E-state index contributed by atoms with van der Waals surface area (Å²) in [4.78, 5) is 53.3. The van der Waals surface area contributed by atoms with Crippen LogP contribution in [0.5, 0.6) is 0 Å². The van der Waals surface area contributed by atoms with Crippen molar-refractivity contribution in [1.82, 2.24) is 19.3 Å². The number of nitrogens with zero attached hydrogens (tertiary/aromatic N) is 4. The van der Waals surface area contributed by atoms with Gasteiger partial charge in [0, 0.05) is 50.9 Å². The van der Waals surface area contributed by atoms with E-state index in [0.29, 0.717) is 25.4 Å². The van der Waals surface area contributed by atoms with Crippen LogP contribution >= 0.6 is 0 Å². The average Bonchev–Trinajstić information content (AvgIpc) is 2.75. The summed E-state index contributed by atoms with van der Waals surface area (Å²) in [5, 5.41) is 6.89. The monoisotopic (exact) mass is 446 g/mol. The Balaban J connectivity index is 0.000000913. The van der Waals surface area contributed by atoms with Crippen molar-refractivity contribution in [3.8, 4) is 0 Å². The summed E-state index contributed by atoms with van der Waals surface area (Å²) in [6.07, 6.45) is 3.65. The number of carbonyl (C=O) groups excluding carboxylic acids is 2. The zero-order valence-electron chi connectivity index (χ0n) is 19.4. The molecule has 4 heterocycles. The molecule has 0 spiro atoms. The molecule has 32 heavy (non-hydrogen) atoms. The van der Waals surface area contributed by atoms with Gasteiger partial charge in [0.15, 0.2) is 0 Å². The Morgan fingerprint density at radius 1 is 1.22 bits per heavy atom. The van der Waals surface area contributed by atoms with Crippen LogP contribution in [0.2, 0.25) is 0 Å². The van der Waals surface area contributed by atoms with Gasteiger partial charge >= 0.3 is 0 Å². The molecule has 3 saturated heterocycles. The molecule has 4 rings (SSSR count). The van der Waals surface area contributed by atoms with Crippen LogP contribution in [0.3, 0.4) is 0 Å². The Labute approximate surface area is 188 Å². The molecular formula is C23H34N4O5. The van der Waals surface area contributed by atoms with Gasteiger partial charge in [-0.25, -0.2) is 0 Å². The highest BCUT2D eigenvalue weighted by molar-refractivity contribution is 5.94. The van der Waals surface area contributed by atoms with Crippen LogP contribution in [0, 0.1) is 18.8 Å². The molecule has 4 atom stereocenters. The number of hydrogen-bond acceptors (Lipinski definition) is 5. The first kappa shape index (κ1) is 24.0. The van der Waals surface area contributed by atoms with E-state index in [0.717, 1.165) is 31.5 Å². The minimum Gasteiger partial charge on any atom is -0.483 e. The van der Waals surface area contributed by atoms with Gasteiger partial charge in [-0.2, -0.15) is 0 Å². The number of rotatable bonds is 3. The molecule has 1 N–H and O–H groups in total. The molecule has 2 bridgehead atoms. The third-order valence-corrected chi connectivity index (χ3v) is 7.12. The van der Waals surface area contributed by atoms with Gasteiger partial charge in [0.1, 0.15) is 5.56 Å². The van der Waals surface area contributed by atoms with Gasteiger partial charge in [-0.1, -0.05) is 0 Å². The summed E-state index contributed by atoms with van der Waals surface area (Å²) < 4.78 is 1.54. The smallest absolute Gasteiger partial charge is 0.290 e. The first-order valence-electron chi connectivity index (χ1n) is 11.2. The van der Waals surface area contributed by atoms with Crippen molar-refractivity contribution in [2.45, 2.75) is 44.7 Å². The number of fused-ring (bicyclic) bond motifs is 4. The Morgan fingerprint density at radius 2 is 1.88 bits per heavy atom. The van der Waals surface area contributed by atoms with Crippen molar-refractivity contribution in [1.29, 1.82) is 0 Å². The van der Waals surface area contributed by atoms with Crippen molar-refractivity contribution in [2.24, 2.45) is 18.9 Å². The molecular weight excluding hydrogens is 412 g/mol. The molecule has 1 aromatic rings. The fourth-order valence-electron chi connectivity index (χ4n) is 5.61. The number of likely N-dealkylation sites (N-methyl/N-ethyl adjacent to an activating group) is 1. The maximum atomic E-state index is 13.3. The van der Waals surface area contributed by atoms with Gasteiger partial charge in [0.2, 0.25) is 5.91 Å². The van der Waals surface area contributed by atoms with E-state index in [1.54, 1.807) is 13.1 Å². The molecule has 176 valence electrons. The maximum Gasteiger partial charge on any atom is 0.290 e. The number of pyridine rings is 1. The summed E-state index contributed by atoms with van der Waals surface area (Å²) in [5.74, 6) is 0.664. The highest BCUT2D eigenvalue weighted by atomic mass is 16.3. The Morgan fingerprint density at radius 3 is 2.53 bits per heavy atom. The number of likely N-dealkylation sites (tertiary alicyclic amines) is 1. The minimum atomic E-state index is -0.250. The van der Waals surface area contributed by atoms with Crippen molar-refractivity contribution in [3.63, 3.8) is 0 Å². The molecule has 9 nitrogen and oxygen atoms in total. The van der Waals surface area contributed by atoms with Crippen molar-refractivity contribution >= 4 is 18.3 Å². The van der Waals surface area contributed by atoms with E-state index in [1.165, 1.54) is 4.57 Å². The van der Waals surface area contributed by atoms with E-state index >= 15 is 0 Å². The van der Waals surface area contributed by atoms with E-state index in [9.17, 15) is 14.4 Å². The Bertz CT molecular complexity index is 927. The molecule has 9 heteroatoms. The molecule has 3 aliphatic rings. The topological polar surface area (TPSA) is 103 Å². The first-order chi connectivity index (χ1) is 15.2. The first-order valence-corrected chi connectivity index (χ1v) is 11.2. The molecule has 0 unspecified atom stereocenters. The second-order valence-corrected chi connectivity index (χ2v) is 9.41. The number of carboxylic acid groups (broad SMARTS) is 1. The molecule has 0 aliphatic carbocycles. The van der Waals surface area contributed by atoms with Gasteiger partial charge in [-0.3, -0.25) is 19.2 Å². The van der Waals surface area contributed by atoms with Gasteiger partial charge in [0.05, 0.1) is 0 Å². The second-order valence-electron chi connectivity index (χ2n) is 9.41. The SMILES string of the molecule is Cc1ccc(C(=O)N2C[C@H]3C[C@@H](C2)[C@H](CN(C)C)N2C(=O)CCC[C@@H]32)c(=O)n1C.O=CO. The standard InChI is InChI=1S/C22H32N4O3.CH2O2/c1-14-8-9-17(21(28)24(14)4)22(29)25-11-15-10-16(12-25)19(13-23(2)3)26-18(15)6-5-7-20(26)27;2-1-3/h8-9,15-16,18-19H,5-7,10-13H2,1-4H3;1H,(H,2,3)/t15-,16+,18+,19+;/m1./s1. The van der Waals surface area contributed by atoms with Crippen LogP contribution in [-0.4, -0.2) is 88.5 Å². The molecule has 2 amide bonds. The number of hydrogen-bond donors (Lipinski definition) is 1. The second kappa shape index (κ2) is 9.85. The van der Waals surface area contributed by atoms with Crippen LogP contribution in [0.25, 0.3) is 0 Å². The number of carbonyl (C=O) groups is 3. The number of aromatic nitrogens is 1. The average molecular weight is 447 g/mol. The minimum absolute atomic E-state index is 0.135. The van der Waals surface area contributed by atoms with Crippen LogP contribution in [0.4, 0.5) is 0 Å². The molecule has 1 aromatic heterocycles. The van der Waals surface area contributed by atoms with Gasteiger partial charge in [-0.15, -0.1) is 0 Å². The summed E-state index contributed by atoms with van der Waals surface area (Å²) in [6, 6.07) is 3.85. The fraction of sp³-hybridized carbons (Fsp3) is 0.652. The summed E-state index contributed by atoms with van der Waals surface area (Å²) in [5.41, 5.74) is 0.855.